The van der Waals surface area contributed by atoms with Crippen LogP contribution in [-0.2, 0) is 126 Å². The maximum atomic E-state index is 14.5. The van der Waals surface area contributed by atoms with Crippen molar-refractivity contribution in [2.75, 3.05) is 40.5 Å². The first-order chi connectivity index (χ1) is 66.9. The van der Waals surface area contributed by atoms with E-state index in [1.165, 1.54) is 35.0 Å². The van der Waals surface area contributed by atoms with Gasteiger partial charge in [0, 0.05) is 55.7 Å². The zero-order chi connectivity index (χ0) is 104. The number of unbranched alkanes of at least 4 members (excludes halogenated alkanes) is 3. The Hall–Kier alpha value is -15.8. The van der Waals surface area contributed by atoms with Crippen molar-refractivity contribution < 1.29 is 151 Å². The lowest BCUT2D eigenvalue weighted by Crippen LogP contribution is -2.61. The number of aliphatic carboxylic acids is 5. The number of aryl methyl sites for hydroxylation is 1. The van der Waals surface area contributed by atoms with E-state index >= 15 is 0 Å². The second-order valence-electron chi connectivity index (χ2n) is 33.4. The Kier molecular flexibility index (Phi) is 45.9. The summed E-state index contributed by atoms with van der Waals surface area (Å²) in [5.74, 6) is -26.2. The van der Waals surface area contributed by atoms with E-state index in [0.717, 1.165) is 5.56 Å². The summed E-state index contributed by atoms with van der Waals surface area (Å²) in [7, 11) is 3.03. The quantitative estimate of drug-likeness (QED) is 0.0168. The van der Waals surface area contributed by atoms with Crippen LogP contribution in [0.4, 0.5) is 0 Å². The van der Waals surface area contributed by atoms with Crippen LogP contribution in [0.1, 0.15) is 157 Å². The molecule has 48 nitrogen and oxygen atoms in total. The van der Waals surface area contributed by atoms with E-state index in [0.29, 0.717) is 89.3 Å². The van der Waals surface area contributed by atoms with Gasteiger partial charge < -0.3 is 142 Å². The molecule has 0 bridgehead atoms. The minimum Gasteiger partial charge on any atom is -0.497 e. The molecule has 16 amide bonds. The zero-order valence-corrected chi connectivity index (χ0v) is 78.0. The second kappa shape index (κ2) is 56.8. The van der Waals surface area contributed by atoms with E-state index in [1.807, 2.05) is 22.8 Å². The highest BCUT2D eigenvalue weighted by Crippen LogP contribution is 2.51. The molecule has 0 radical (unpaired) electrons. The molecule has 48 heteroatoms. The number of methoxy groups -OCH3 is 2. The number of hydrogen-bond donors (Lipinski definition) is 24. The third-order valence-corrected chi connectivity index (χ3v) is 22.1. The second-order valence-corrected chi connectivity index (χ2v) is 33.4. The summed E-state index contributed by atoms with van der Waals surface area (Å²) in [5.41, 5.74) is 18.0. The van der Waals surface area contributed by atoms with Crippen LogP contribution in [0, 0.1) is 5.92 Å². The highest BCUT2D eigenvalue weighted by molar-refractivity contribution is 6.02. The van der Waals surface area contributed by atoms with Crippen LogP contribution in [0.3, 0.4) is 0 Å². The fourth-order valence-electron chi connectivity index (χ4n) is 14.6. The molecule has 6 rings (SSSR count). The summed E-state index contributed by atoms with van der Waals surface area (Å²) in [5, 5.41) is 103. The topological polar surface area (TPSA) is 774 Å². The predicted molar refractivity (Wildman–Crippen MR) is 495 cm³/mol. The molecular formula is C93H121N17O31. The molecule has 1 aliphatic heterocycles. The van der Waals surface area contributed by atoms with E-state index < -0.39 is 286 Å². The summed E-state index contributed by atoms with van der Waals surface area (Å²) < 4.78 is 17.1. The normalized spacial score (nSPS) is 14.8. The van der Waals surface area contributed by atoms with Crippen LogP contribution < -0.4 is 106 Å². The molecule has 141 heavy (non-hydrogen) atoms. The SMILES string of the molecule is COc1ccc(C2(O)c3ccc(CCCCCC(=O)N[C@@H](CCC(=O)O)C(=O)NCC(=O)N[C@H](C(=O)N[C@@H](CC(N)=O)C(=O)N[C@@H](CC(=O)O)C(=O)N[C@@H](CC(N)=O)C(=O)N[C@@H](CCC(=O)O)C(=O)N[C@@H](CCC(=O)O)C(=O)NCC(=O)N[C@@H](Cc4ccccc4)C(=O)N[C@@H](Cc4ccccc4)C(=O)N[C@@H](CO)C(=O)N[C@@H](C)C(=O)N[C@@H](CCCCN)C(=O)O)C(C)C)cc3Oc3cc(OC)ccc32)cc1. The van der Waals surface area contributed by atoms with Crippen molar-refractivity contribution in [3.05, 3.63) is 155 Å². The number of nitrogens with two attached hydrogens (primary N) is 3. The number of fused-ring (bicyclic) bond motifs is 2. The van der Waals surface area contributed by atoms with Gasteiger partial charge in [-0.05, 0) is 130 Å². The molecule has 0 saturated carbocycles. The van der Waals surface area contributed by atoms with Gasteiger partial charge in [0.05, 0.1) is 53.2 Å². The Morgan fingerprint density at radius 2 is 0.780 bits per heavy atom. The number of primary amides is 2. The van der Waals surface area contributed by atoms with Crippen molar-refractivity contribution in [2.24, 2.45) is 23.1 Å². The Bertz CT molecular complexity index is 5280. The number of rotatable bonds is 62. The molecule has 1 heterocycles. The number of amides is 16. The van der Waals surface area contributed by atoms with Crippen molar-refractivity contribution in [3.63, 3.8) is 0 Å². The standard InChI is InChI=1S/C93H121N17O31/c1-49(2)80(110-75(116)47-98-82(126)59(32-35-76(117)118)100-73(114)23-14-8-13-21-53-24-30-57-69(41-53)141-70-42-56(140-5)29-31-58(70)93(57,138)54-25-27-55(139-4)28-26-54)91(135)108-66(44-72(96)113)88(132)107-67(45-79(123)124)89(133)106-65(43-71(95)112)87(131)103-61(34-37-78(121)122)84(128)102-60(33-36-77(119)120)83(127)97-46-74(115)101-63(39-51-17-9-6-10-18-51)85(129)105-64(40-52-19-11-7-12-20-52)86(130)109-68(48-111)90(134)99-50(3)81(125)104-62(92(136)137)22-15-16-38-94/h6-7,9-12,17-20,24-31,41-42,49-50,59-68,80,111,138H,8,13-16,21-23,32-40,43-48,94H2,1-5H3,(H2,95,112)(H2,96,113)(H,97,127)(H,98,126)(H,99,134)(H,100,114)(H,101,115)(H,102,128)(H,103,131)(H,104,125)(H,105,129)(H,106,133)(H,107,132)(H,108,135)(H,109,130)(H,110,116)(H,117,118)(H,119,120)(H,121,122)(H,123,124)(H,136,137)/t50-,59-,60-,61-,62-,63-,64-,65-,66-,67-,68-,80-,93?/m0/s1. The number of aliphatic hydroxyl groups is 2. The molecule has 1 unspecified atom stereocenters. The lowest BCUT2D eigenvalue weighted by atomic mass is 9.77. The Morgan fingerprint density at radius 1 is 0.369 bits per heavy atom. The van der Waals surface area contributed by atoms with E-state index in [4.69, 9.17) is 31.4 Å². The Balaban J connectivity index is 1.08. The fraction of sp³-hybridized carbons (Fsp3) is 0.452. The van der Waals surface area contributed by atoms with Gasteiger partial charge in [-0.25, -0.2) is 4.79 Å². The van der Waals surface area contributed by atoms with Gasteiger partial charge in [-0.1, -0.05) is 105 Å². The smallest absolute Gasteiger partial charge is 0.326 e. The van der Waals surface area contributed by atoms with Gasteiger partial charge >= 0.3 is 29.8 Å². The number of carboxylic acid groups (broad SMARTS) is 5. The third kappa shape index (κ3) is 37.6. The predicted octanol–water partition coefficient (Wildman–Crippen LogP) is -3.57. The van der Waals surface area contributed by atoms with Gasteiger partial charge in [0.15, 0.2) is 0 Å². The molecule has 764 valence electrons. The average Bonchev–Trinajstić information content (AvgIpc) is 0.723. The molecule has 0 aliphatic carbocycles. The number of carbonyl (C=O) groups is 21. The highest BCUT2D eigenvalue weighted by atomic mass is 16.5. The van der Waals surface area contributed by atoms with Crippen LogP contribution in [0.15, 0.2) is 121 Å². The summed E-state index contributed by atoms with van der Waals surface area (Å²) in [6, 6.07) is 11.7. The lowest BCUT2D eigenvalue weighted by molar-refractivity contribution is -0.142. The molecule has 27 N–H and O–H groups in total. The molecule has 0 fully saturated rings. The van der Waals surface area contributed by atoms with Gasteiger partial charge in [-0.15, -0.1) is 0 Å². The first kappa shape index (κ1) is 114. The maximum absolute atomic E-state index is 14.5. The molecule has 0 spiro atoms. The summed E-state index contributed by atoms with van der Waals surface area (Å²) >= 11 is 0. The molecule has 5 aromatic carbocycles. The van der Waals surface area contributed by atoms with E-state index in [1.54, 1.807) is 109 Å². The van der Waals surface area contributed by atoms with Gasteiger partial charge in [0.25, 0.3) is 0 Å². The monoisotopic (exact) mass is 1970 g/mol. The minimum atomic E-state index is -2.34. The zero-order valence-electron chi connectivity index (χ0n) is 78.0. The molecule has 1 aliphatic rings. The number of carbonyl (C=O) groups excluding carboxylic acids is 16. The largest absolute Gasteiger partial charge is 0.497 e. The first-order valence-corrected chi connectivity index (χ1v) is 45.0. The van der Waals surface area contributed by atoms with Crippen molar-refractivity contribution >= 4 is 124 Å². The number of ether oxygens (including phenoxy) is 3. The van der Waals surface area contributed by atoms with Crippen LogP contribution >= 0.6 is 0 Å². The van der Waals surface area contributed by atoms with Crippen LogP contribution in [0.25, 0.3) is 0 Å². The fourth-order valence-corrected chi connectivity index (χ4v) is 14.6. The van der Waals surface area contributed by atoms with Gasteiger partial charge in [-0.3, -0.25) is 95.9 Å². The van der Waals surface area contributed by atoms with Gasteiger partial charge in [0.1, 0.15) is 101 Å². The van der Waals surface area contributed by atoms with E-state index in [9.17, 15) is 136 Å². The summed E-state index contributed by atoms with van der Waals surface area (Å²) in [6.45, 7) is 1.25. The number of nitrogens with one attached hydrogen (secondary N) is 14. The maximum Gasteiger partial charge on any atom is 0.326 e. The van der Waals surface area contributed by atoms with Crippen molar-refractivity contribution in [1.82, 2.24) is 74.4 Å². The van der Waals surface area contributed by atoms with Crippen molar-refractivity contribution in [2.45, 2.75) is 221 Å². The molecule has 0 saturated heterocycles. The lowest BCUT2D eigenvalue weighted by Gasteiger charge is -2.37. The van der Waals surface area contributed by atoms with Crippen molar-refractivity contribution in [1.29, 1.82) is 0 Å². The number of aliphatic hydroxyl groups excluding tert-OH is 1. The third-order valence-electron chi connectivity index (χ3n) is 22.1. The van der Waals surface area contributed by atoms with Gasteiger partial charge in [-0.2, -0.15) is 0 Å². The Morgan fingerprint density at radius 3 is 1.26 bits per heavy atom. The number of hydrogen-bond acceptors (Lipinski definition) is 27. The first-order valence-electron chi connectivity index (χ1n) is 45.0. The highest BCUT2D eigenvalue weighted by Gasteiger charge is 2.44. The number of benzene rings is 5. The number of carboxylic acids is 5. The van der Waals surface area contributed by atoms with E-state index in [2.05, 4.69) is 63.8 Å². The molecule has 0 aromatic heterocycles. The molecule has 13 atom stereocenters. The summed E-state index contributed by atoms with van der Waals surface area (Å²) in [6.07, 6.45) is -6.30. The average molecular weight is 1970 g/mol. The van der Waals surface area contributed by atoms with Crippen LogP contribution in [0.5, 0.6) is 23.0 Å². The van der Waals surface area contributed by atoms with E-state index in [-0.39, 0.29) is 32.2 Å². The van der Waals surface area contributed by atoms with Crippen LogP contribution in [-0.4, -0.2) is 273 Å². The minimum absolute atomic E-state index is 0.0105. The Labute approximate surface area is 808 Å². The van der Waals surface area contributed by atoms with Crippen molar-refractivity contribution in [3.8, 4) is 23.0 Å². The molecular weight excluding hydrogens is 1850 g/mol. The van der Waals surface area contributed by atoms with Gasteiger partial charge in [0.2, 0.25) is 94.5 Å². The van der Waals surface area contributed by atoms with Crippen LogP contribution in [0.2, 0.25) is 0 Å². The summed E-state index contributed by atoms with van der Waals surface area (Å²) in [4.78, 5) is 280. The molecule has 5 aromatic rings.